The van der Waals surface area contributed by atoms with Crippen molar-refractivity contribution < 1.29 is 33.3 Å². The van der Waals surface area contributed by atoms with E-state index in [1.165, 1.54) is 45.6 Å². The van der Waals surface area contributed by atoms with Crippen molar-refractivity contribution in [1.82, 2.24) is 29.9 Å². The molecular formula is C18H16N6O7. The highest BCUT2D eigenvalue weighted by molar-refractivity contribution is 5.94. The summed E-state index contributed by atoms with van der Waals surface area (Å²) in [5.41, 5.74) is 0.282. The summed E-state index contributed by atoms with van der Waals surface area (Å²) in [4.78, 5) is 47.7. The van der Waals surface area contributed by atoms with Crippen LogP contribution >= 0.6 is 0 Å². The molecule has 31 heavy (non-hydrogen) atoms. The summed E-state index contributed by atoms with van der Waals surface area (Å²) in [7, 11) is 4.06. The lowest BCUT2D eigenvalue weighted by Gasteiger charge is -2.07. The molecule has 0 aliphatic carbocycles. The highest BCUT2D eigenvalue weighted by atomic mass is 16.6. The van der Waals surface area contributed by atoms with Gasteiger partial charge in [0.1, 0.15) is 5.82 Å². The van der Waals surface area contributed by atoms with Crippen molar-refractivity contribution >= 4 is 11.9 Å². The monoisotopic (exact) mass is 428 g/mol. The lowest BCUT2D eigenvalue weighted by molar-refractivity contribution is 0.0701. The summed E-state index contributed by atoms with van der Waals surface area (Å²) in [6.07, 6.45) is 0. The van der Waals surface area contributed by atoms with E-state index in [9.17, 15) is 9.59 Å². The molecule has 0 saturated carbocycles. The molecule has 0 radical (unpaired) electrons. The third-order valence-corrected chi connectivity index (χ3v) is 3.55. The topological polar surface area (TPSA) is 158 Å². The van der Waals surface area contributed by atoms with Crippen LogP contribution in [0.4, 0.5) is 0 Å². The maximum atomic E-state index is 12.3. The molecule has 2 aromatic heterocycles. The Labute approximate surface area is 175 Å². The van der Waals surface area contributed by atoms with Crippen LogP contribution in [0.5, 0.6) is 30.1 Å². The van der Waals surface area contributed by atoms with Crippen molar-refractivity contribution in [2.24, 2.45) is 0 Å². The van der Waals surface area contributed by atoms with Crippen LogP contribution in [0, 0.1) is 6.92 Å². The molecule has 0 fully saturated rings. The molecule has 0 spiro atoms. The molecule has 1 aromatic carbocycles. The molecule has 0 aliphatic heterocycles. The zero-order valence-corrected chi connectivity index (χ0v) is 16.9. The molecule has 2 heterocycles. The summed E-state index contributed by atoms with van der Waals surface area (Å²) in [5.74, 6) is -1.19. The second-order valence-corrected chi connectivity index (χ2v) is 5.60. The van der Waals surface area contributed by atoms with Crippen LogP contribution in [0.25, 0.3) is 0 Å². The largest absolute Gasteiger partial charge is 0.467 e. The van der Waals surface area contributed by atoms with Gasteiger partial charge in [0.05, 0.1) is 32.5 Å². The summed E-state index contributed by atoms with van der Waals surface area (Å²) in [6.45, 7) is 1.60. The standard InChI is InChI=1S/C18H16N6O7/c1-9-19-14(27-2)22-17(20-9)30-12(25)10-5-7-11(8-6-10)13(26)31-18-23-15(28-3)21-16(24-18)29-4/h5-8H,1-4H3. The molecule has 160 valence electrons. The van der Waals surface area contributed by atoms with Crippen molar-refractivity contribution in [1.29, 1.82) is 0 Å². The van der Waals surface area contributed by atoms with Crippen molar-refractivity contribution in [3.63, 3.8) is 0 Å². The minimum absolute atomic E-state index is 0.0139. The van der Waals surface area contributed by atoms with Gasteiger partial charge in [0.25, 0.3) is 0 Å². The average molecular weight is 428 g/mol. The molecule has 0 amide bonds. The van der Waals surface area contributed by atoms with E-state index >= 15 is 0 Å². The maximum absolute atomic E-state index is 12.3. The molecular weight excluding hydrogens is 412 g/mol. The van der Waals surface area contributed by atoms with Crippen LogP contribution < -0.4 is 23.7 Å². The Morgan fingerprint density at radius 3 is 1.32 bits per heavy atom. The Hall–Kier alpha value is -4.42. The Balaban J connectivity index is 1.70. The van der Waals surface area contributed by atoms with Gasteiger partial charge in [0.15, 0.2) is 0 Å². The fourth-order valence-corrected chi connectivity index (χ4v) is 2.15. The predicted molar refractivity (Wildman–Crippen MR) is 100 cm³/mol. The Bertz CT molecular complexity index is 1080. The SMILES string of the molecule is COc1nc(C)nc(OC(=O)c2ccc(C(=O)Oc3nc(OC)nc(OC)n3)cc2)n1. The minimum atomic E-state index is -0.770. The molecule has 3 aromatic rings. The van der Waals surface area contributed by atoms with Gasteiger partial charge < -0.3 is 23.7 Å². The molecule has 0 atom stereocenters. The first-order valence-electron chi connectivity index (χ1n) is 8.57. The van der Waals surface area contributed by atoms with Gasteiger partial charge >= 0.3 is 42.0 Å². The van der Waals surface area contributed by atoms with E-state index in [0.717, 1.165) is 0 Å². The van der Waals surface area contributed by atoms with Gasteiger partial charge in [-0.15, -0.1) is 19.9 Å². The molecule has 0 unspecified atom stereocenters. The van der Waals surface area contributed by atoms with Crippen molar-refractivity contribution in [3.05, 3.63) is 41.2 Å². The van der Waals surface area contributed by atoms with E-state index in [4.69, 9.17) is 23.7 Å². The lowest BCUT2D eigenvalue weighted by Crippen LogP contribution is -2.14. The minimum Gasteiger partial charge on any atom is -0.467 e. The number of nitrogens with zero attached hydrogens (tertiary/aromatic N) is 6. The number of ether oxygens (including phenoxy) is 5. The van der Waals surface area contributed by atoms with Crippen LogP contribution in [0.15, 0.2) is 24.3 Å². The Kier molecular flexibility index (Phi) is 6.45. The van der Waals surface area contributed by atoms with Gasteiger partial charge in [0.2, 0.25) is 0 Å². The highest BCUT2D eigenvalue weighted by Gasteiger charge is 2.17. The lowest BCUT2D eigenvalue weighted by atomic mass is 10.1. The summed E-state index contributed by atoms with van der Waals surface area (Å²) in [5, 5.41) is 0. The van der Waals surface area contributed by atoms with Gasteiger partial charge in [-0.05, 0) is 31.2 Å². The van der Waals surface area contributed by atoms with Crippen LogP contribution in [0.1, 0.15) is 26.5 Å². The molecule has 0 N–H and O–H groups in total. The second-order valence-electron chi connectivity index (χ2n) is 5.60. The number of aryl methyl sites for hydroxylation is 1. The average Bonchev–Trinajstić information content (AvgIpc) is 2.78. The van der Waals surface area contributed by atoms with E-state index in [2.05, 4.69) is 29.9 Å². The maximum Gasteiger partial charge on any atom is 0.345 e. The number of rotatable bonds is 7. The van der Waals surface area contributed by atoms with E-state index in [1.807, 2.05) is 0 Å². The highest BCUT2D eigenvalue weighted by Crippen LogP contribution is 2.16. The quantitative estimate of drug-likeness (QED) is 0.488. The number of carbonyl (C=O) groups is 2. The molecule has 0 bridgehead atoms. The van der Waals surface area contributed by atoms with Crippen molar-refractivity contribution in [3.8, 4) is 30.1 Å². The normalized spacial score (nSPS) is 10.2. The van der Waals surface area contributed by atoms with Crippen LogP contribution in [-0.4, -0.2) is 63.2 Å². The zero-order chi connectivity index (χ0) is 22.4. The van der Waals surface area contributed by atoms with E-state index in [-0.39, 0.29) is 41.2 Å². The van der Waals surface area contributed by atoms with Crippen LogP contribution in [0.2, 0.25) is 0 Å². The van der Waals surface area contributed by atoms with E-state index in [0.29, 0.717) is 5.82 Å². The number of benzene rings is 1. The summed E-state index contributed by atoms with van der Waals surface area (Å²) < 4.78 is 24.9. The van der Waals surface area contributed by atoms with Gasteiger partial charge in [-0.1, -0.05) is 0 Å². The van der Waals surface area contributed by atoms with Crippen molar-refractivity contribution in [2.45, 2.75) is 6.92 Å². The first kappa shape index (κ1) is 21.3. The molecule has 0 saturated heterocycles. The predicted octanol–water partition coefficient (Wildman–Crippen LogP) is 0.829. The Morgan fingerprint density at radius 1 is 0.581 bits per heavy atom. The fraction of sp³-hybridized carbons (Fsp3) is 0.222. The molecule has 13 heteroatoms. The number of hydrogen-bond acceptors (Lipinski definition) is 13. The van der Waals surface area contributed by atoms with E-state index in [1.54, 1.807) is 6.92 Å². The second kappa shape index (κ2) is 9.39. The molecule has 0 aliphatic rings. The Morgan fingerprint density at radius 2 is 0.903 bits per heavy atom. The number of aromatic nitrogens is 6. The molecule has 13 nitrogen and oxygen atoms in total. The van der Waals surface area contributed by atoms with Gasteiger partial charge in [-0.3, -0.25) is 0 Å². The number of methoxy groups -OCH3 is 3. The smallest absolute Gasteiger partial charge is 0.345 e. The fourth-order valence-electron chi connectivity index (χ4n) is 2.15. The van der Waals surface area contributed by atoms with E-state index < -0.39 is 11.9 Å². The number of hydrogen-bond donors (Lipinski definition) is 0. The summed E-state index contributed by atoms with van der Waals surface area (Å²) in [6, 6.07) is 4.81. The molecule has 3 rings (SSSR count). The van der Waals surface area contributed by atoms with Gasteiger partial charge in [0, 0.05) is 0 Å². The third kappa shape index (κ3) is 5.35. The third-order valence-electron chi connectivity index (χ3n) is 3.55. The van der Waals surface area contributed by atoms with Gasteiger partial charge in [-0.25, -0.2) is 9.59 Å². The zero-order valence-electron chi connectivity index (χ0n) is 16.9. The number of esters is 2. The van der Waals surface area contributed by atoms with Crippen molar-refractivity contribution in [2.75, 3.05) is 21.3 Å². The van der Waals surface area contributed by atoms with Gasteiger partial charge in [-0.2, -0.15) is 9.97 Å². The first-order chi connectivity index (χ1) is 14.9. The summed E-state index contributed by atoms with van der Waals surface area (Å²) >= 11 is 0. The first-order valence-corrected chi connectivity index (χ1v) is 8.57. The van der Waals surface area contributed by atoms with Crippen LogP contribution in [-0.2, 0) is 0 Å². The van der Waals surface area contributed by atoms with Crippen LogP contribution in [0.3, 0.4) is 0 Å². The number of carbonyl (C=O) groups excluding carboxylic acids is 2.